The number of amides is 2. The minimum absolute atomic E-state index is 0.169. The summed E-state index contributed by atoms with van der Waals surface area (Å²) in [6.45, 7) is 2.94. The molecule has 1 heterocycles. The minimum Gasteiger partial charge on any atom is -0.480 e. The molecule has 0 aromatic carbocycles. The molecule has 0 spiro atoms. The normalized spacial score (nSPS) is 31.1. The van der Waals surface area contributed by atoms with Crippen LogP contribution in [0.15, 0.2) is 0 Å². The van der Waals surface area contributed by atoms with Gasteiger partial charge in [0.2, 0.25) is 0 Å². The van der Waals surface area contributed by atoms with Crippen molar-refractivity contribution in [1.82, 2.24) is 9.80 Å². The number of aliphatic carboxylic acids is 1. The Hall–Kier alpha value is -1.30. The Balaban J connectivity index is 1.99. The molecular formula is C13H22N2O4. The third kappa shape index (κ3) is 2.54. The predicted molar refractivity (Wildman–Crippen MR) is 68.7 cm³/mol. The second kappa shape index (κ2) is 5.36. The van der Waals surface area contributed by atoms with Gasteiger partial charge in [-0.05, 0) is 25.2 Å². The topological polar surface area (TPSA) is 81.1 Å². The summed E-state index contributed by atoms with van der Waals surface area (Å²) in [6.07, 6.45) is 1.85. The van der Waals surface area contributed by atoms with E-state index in [1.807, 2.05) is 0 Å². The SMILES string of the molecule is CCC(C(=O)O)N(C)C(=O)N1CC2CCC(O)C2C1. The fourth-order valence-corrected chi connectivity index (χ4v) is 3.36. The van der Waals surface area contributed by atoms with Crippen LogP contribution in [-0.2, 0) is 4.79 Å². The molecular weight excluding hydrogens is 248 g/mol. The molecule has 2 amide bonds. The summed E-state index contributed by atoms with van der Waals surface area (Å²) in [5.74, 6) is -0.433. The Kier molecular flexibility index (Phi) is 3.99. The first-order chi connectivity index (χ1) is 8.95. The molecule has 6 nitrogen and oxygen atoms in total. The number of hydrogen-bond acceptors (Lipinski definition) is 3. The Morgan fingerprint density at radius 2 is 2.05 bits per heavy atom. The fourth-order valence-electron chi connectivity index (χ4n) is 3.36. The maximum Gasteiger partial charge on any atom is 0.326 e. The van der Waals surface area contributed by atoms with Crippen molar-refractivity contribution in [2.24, 2.45) is 11.8 Å². The van der Waals surface area contributed by atoms with E-state index in [1.54, 1.807) is 11.8 Å². The van der Waals surface area contributed by atoms with Crippen molar-refractivity contribution < 1.29 is 19.8 Å². The number of urea groups is 1. The van der Waals surface area contributed by atoms with E-state index in [1.165, 1.54) is 11.9 Å². The average Bonchev–Trinajstić information content (AvgIpc) is 2.91. The highest BCUT2D eigenvalue weighted by Gasteiger charge is 2.44. The fraction of sp³-hybridized carbons (Fsp3) is 0.846. The number of nitrogens with zero attached hydrogens (tertiary/aromatic N) is 2. The highest BCUT2D eigenvalue weighted by Crippen LogP contribution is 2.38. The van der Waals surface area contributed by atoms with Crippen molar-refractivity contribution in [1.29, 1.82) is 0 Å². The molecule has 0 bridgehead atoms. The summed E-state index contributed by atoms with van der Waals surface area (Å²) in [5, 5.41) is 18.9. The first kappa shape index (κ1) is 14.1. The lowest BCUT2D eigenvalue weighted by molar-refractivity contribution is -0.142. The number of carbonyl (C=O) groups excluding carboxylic acids is 1. The van der Waals surface area contributed by atoms with Gasteiger partial charge in [0.05, 0.1) is 6.10 Å². The molecule has 2 aliphatic rings. The Bertz CT molecular complexity index is 374. The van der Waals surface area contributed by atoms with Crippen LogP contribution in [0.3, 0.4) is 0 Å². The van der Waals surface area contributed by atoms with Crippen molar-refractivity contribution in [3.05, 3.63) is 0 Å². The van der Waals surface area contributed by atoms with Crippen molar-refractivity contribution in [2.45, 2.75) is 38.3 Å². The third-order valence-corrected chi connectivity index (χ3v) is 4.53. The van der Waals surface area contributed by atoms with Crippen LogP contribution < -0.4 is 0 Å². The number of likely N-dealkylation sites (N-methyl/N-ethyl adjacent to an activating group) is 1. The molecule has 1 aliphatic heterocycles. The molecule has 4 unspecified atom stereocenters. The van der Waals surface area contributed by atoms with E-state index in [4.69, 9.17) is 5.11 Å². The lowest BCUT2D eigenvalue weighted by Gasteiger charge is -2.29. The smallest absolute Gasteiger partial charge is 0.326 e. The van der Waals surface area contributed by atoms with E-state index in [0.717, 1.165) is 12.8 Å². The summed E-state index contributed by atoms with van der Waals surface area (Å²) in [6, 6.07) is -1.02. The van der Waals surface area contributed by atoms with Crippen molar-refractivity contribution in [3.8, 4) is 0 Å². The number of aliphatic hydroxyl groups excluding tert-OH is 1. The summed E-state index contributed by atoms with van der Waals surface area (Å²) in [7, 11) is 1.54. The second-order valence-electron chi connectivity index (χ2n) is 5.63. The maximum atomic E-state index is 12.3. The molecule has 2 rings (SSSR count). The molecule has 2 N–H and O–H groups in total. The number of hydrogen-bond donors (Lipinski definition) is 2. The molecule has 0 aromatic rings. The molecule has 1 aliphatic carbocycles. The van der Waals surface area contributed by atoms with E-state index in [-0.39, 0.29) is 18.1 Å². The zero-order valence-electron chi connectivity index (χ0n) is 11.5. The van der Waals surface area contributed by atoms with Crippen LogP contribution in [0.4, 0.5) is 4.79 Å². The van der Waals surface area contributed by atoms with E-state index in [9.17, 15) is 14.7 Å². The summed E-state index contributed by atoms with van der Waals surface area (Å²) < 4.78 is 0. The van der Waals surface area contributed by atoms with Crippen LogP contribution >= 0.6 is 0 Å². The molecule has 0 aromatic heterocycles. The van der Waals surface area contributed by atoms with Gasteiger partial charge in [-0.3, -0.25) is 0 Å². The third-order valence-electron chi connectivity index (χ3n) is 4.53. The van der Waals surface area contributed by atoms with Gasteiger partial charge in [0.25, 0.3) is 0 Å². The minimum atomic E-state index is -0.974. The van der Waals surface area contributed by atoms with Gasteiger partial charge < -0.3 is 20.0 Å². The van der Waals surface area contributed by atoms with E-state index >= 15 is 0 Å². The summed E-state index contributed by atoms with van der Waals surface area (Å²) >= 11 is 0. The van der Waals surface area contributed by atoms with Crippen LogP contribution in [-0.4, -0.2) is 64.3 Å². The molecule has 19 heavy (non-hydrogen) atoms. The lowest BCUT2D eigenvalue weighted by atomic mass is 10.00. The standard InChI is InChI=1S/C13H22N2O4/c1-3-10(12(17)18)14(2)13(19)15-6-8-4-5-11(16)9(8)7-15/h8-11,16H,3-7H2,1-2H3,(H,17,18). The van der Waals surface area contributed by atoms with E-state index in [2.05, 4.69) is 0 Å². The Labute approximate surface area is 113 Å². The zero-order valence-corrected chi connectivity index (χ0v) is 11.5. The van der Waals surface area contributed by atoms with Crippen LogP contribution in [0.2, 0.25) is 0 Å². The van der Waals surface area contributed by atoms with Gasteiger partial charge in [0.15, 0.2) is 0 Å². The van der Waals surface area contributed by atoms with Gasteiger partial charge in [-0.2, -0.15) is 0 Å². The van der Waals surface area contributed by atoms with Crippen LogP contribution in [0.5, 0.6) is 0 Å². The number of fused-ring (bicyclic) bond motifs is 1. The van der Waals surface area contributed by atoms with Crippen LogP contribution in [0, 0.1) is 11.8 Å². The summed E-state index contributed by atoms with van der Waals surface area (Å²) in [5.41, 5.74) is 0. The van der Waals surface area contributed by atoms with Gasteiger partial charge in [-0.25, -0.2) is 9.59 Å². The lowest BCUT2D eigenvalue weighted by Crippen LogP contribution is -2.48. The number of aliphatic hydroxyl groups is 1. The van der Waals surface area contributed by atoms with E-state index < -0.39 is 12.0 Å². The molecule has 1 saturated heterocycles. The first-order valence-corrected chi connectivity index (χ1v) is 6.88. The number of carboxylic acid groups (broad SMARTS) is 1. The quantitative estimate of drug-likeness (QED) is 0.787. The number of carboxylic acids is 1. The predicted octanol–water partition coefficient (Wildman–Crippen LogP) is 0.604. The van der Waals surface area contributed by atoms with Gasteiger partial charge in [-0.1, -0.05) is 6.92 Å². The van der Waals surface area contributed by atoms with Gasteiger partial charge in [0, 0.05) is 26.1 Å². The Morgan fingerprint density at radius 3 is 2.58 bits per heavy atom. The largest absolute Gasteiger partial charge is 0.480 e. The number of likely N-dealkylation sites (tertiary alicyclic amines) is 1. The van der Waals surface area contributed by atoms with E-state index in [0.29, 0.717) is 25.4 Å². The van der Waals surface area contributed by atoms with Gasteiger partial charge in [-0.15, -0.1) is 0 Å². The van der Waals surface area contributed by atoms with Gasteiger partial charge >= 0.3 is 12.0 Å². The monoisotopic (exact) mass is 270 g/mol. The van der Waals surface area contributed by atoms with Gasteiger partial charge in [0.1, 0.15) is 6.04 Å². The van der Waals surface area contributed by atoms with Crippen LogP contribution in [0.25, 0.3) is 0 Å². The molecule has 2 fully saturated rings. The zero-order chi connectivity index (χ0) is 14.2. The molecule has 1 saturated carbocycles. The molecule has 4 atom stereocenters. The average molecular weight is 270 g/mol. The highest BCUT2D eigenvalue weighted by molar-refractivity contribution is 5.82. The van der Waals surface area contributed by atoms with Crippen molar-refractivity contribution in [3.63, 3.8) is 0 Å². The molecule has 108 valence electrons. The molecule has 0 radical (unpaired) electrons. The van der Waals surface area contributed by atoms with Crippen LogP contribution in [0.1, 0.15) is 26.2 Å². The Morgan fingerprint density at radius 1 is 1.37 bits per heavy atom. The maximum absolute atomic E-state index is 12.3. The number of carbonyl (C=O) groups is 2. The highest BCUT2D eigenvalue weighted by atomic mass is 16.4. The van der Waals surface area contributed by atoms with Crippen molar-refractivity contribution >= 4 is 12.0 Å². The number of rotatable bonds is 3. The second-order valence-corrected chi connectivity index (χ2v) is 5.63. The molecule has 6 heteroatoms. The van der Waals surface area contributed by atoms with Crippen molar-refractivity contribution in [2.75, 3.05) is 20.1 Å². The summed E-state index contributed by atoms with van der Waals surface area (Å²) in [4.78, 5) is 26.4. The first-order valence-electron chi connectivity index (χ1n) is 6.88.